The molecule has 0 fully saturated rings. The minimum absolute atomic E-state index is 0.286. The molecule has 9 nitrogen and oxygen atoms in total. The number of rotatable bonds is 5. The Morgan fingerprint density at radius 3 is 2.74 bits per heavy atom. The summed E-state index contributed by atoms with van der Waals surface area (Å²) in [5, 5.41) is 18.1. The van der Waals surface area contributed by atoms with Gasteiger partial charge in [0.2, 0.25) is 5.95 Å². The Morgan fingerprint density at radius 2 is 1.92 bits per heavy atom. The molecular formula is C29H30N8OS. The smallest absolute Gasteiger partial charge is 0.229 e. The zero-order valence-electron chi connectivity index (χ0n) is 22.2. The molecule has 1 unspecified atom stereocenters. The Kier molecular flexibility index (Phi) is 6.41. The van der Waals surface area contributed by atoms with Crippen LogP contribution < -0.4 is 10.6 Å². The summed E-state index contributed by atoms with van der Waals surface area (Å²) in [5.41, 5.74) is 5.53. The first-order valence-electron chi connectivity index (χ1n) is 13.0. The predicted octanol–water partition coefficient (Wildman–Crippen LogP) is 5.61. The number of likely N-dealkylation sites (N-methyl/N-ethyl adjacent to an activating group) is 1. The Morgan fingerprint density at radius 1 is 1.10 bits per heavy atom. The number of aromatic nitrogens is 3. The van der Waals surface area contributed by atoms with Gasteiger partial charge in [-0.05, 0) is 72.5 Å². The van der Waals surface area contributed by atoms with Crippen molar-refractivity contribution in [3.8, 4) is 6.07 Å². The summed E-state index contributed by atoms with van der Waals surface area (Å²) in [4.78, 5) is 16.1. The van der Waals surface area contributed by atoms with Crippen molar-refractivity contribution in [2.24, 2.45) is 4.36 Å². The molecule has 0 saturated heterocycles. The third kappa shape index (κ3) is 5.28. The molecule has 1 aliphatic carbocycles. The van der Waals surface area contributed by atoms with Gasteiger partial charge in [0, 0.05) is 46.4 Å². The molecule has 6 rings (SSSR count). The highest BCUT2D eigenvalue weighted by molar-refractivity contribution is 7.92. The van der Waals surface area contributed by atoms with Crippen LogP contribution in [0.25, 0.3) is 10.8 Å². The Labute approximate surface area is 228 Å². The van der Waals surface area contributed by atoms with Crippen molar-refractivity contribution in [2.75, 3.05) is 36.7 Å². The highest BCUT2D eigenvalue weighted by Crippen LogP contribution is 2.40. The topological polar surface area (TPSA) is 119 Å². The minimum atomic E-state index is -2.41. The van der Waals surface area contributed by atoms with Gasteiger partial charge < -0.3 is 15.5 Å². The fourth-order valence-electron chi connectivity index (χ4n) is 5.72. The maximum absolute atomic E-state index is 12.4. The molecule has 2 aromatic carbocycles. The first-order valence-corrected chi connectivity index (χ1v) is 15.3. The largest absolute Gasteiger partial charge is 0.324 e. The van der Waals surface area contributed by atoms with Crippen LogP contribution in [0.2, 0.25) is 0 Å². The SMILES string of the molecule is CN1Cc2cc(Nc3ncc(C#N)c(Nc4nc(N=S(C)(C)=O)cc5ccccc45)n3)cc3c2C(CCC3)C1. The third-order valence-corrected chi connectivity index (χ3v) is 7.80. The Balaban J connectivity index is 1.37. The van der Waals surface area contributed by atoms with Crippen molar-refractivity contribution in [1.82, 2.24) is 19.9 Å². The summed E-state index contributed by atoms with van der Waals surface area (Å²) in [6.45, 7) is 2.04. The van der Waals surface area contributed by atoms with Crippen molar-refractivity contribution < 1.29 is 4.21 Å². The van der Waals surface area contributed by atoms with Gasteiger partial charge in [0.25, 0.3) is 0 Å². The van der Waals surface area contributed by atoms with E-state index in [0.717, 1.165) is 36.0 Å². The van der Waals surface area contributed by atoms with E-state index < -0.39 is 9.73 Å². The van der Waals surface area contributed by atoms with Crippen LogP contribution in [0.3, 0.4) is 0 Å². The van der Waals surface area contributed by atoms with Gasteiger partial charge in [0.15, 0.2) is 11.6 Å². The van der Waals surface area contributed by atoms with Crippen LogP contribution in [0.1, 0.15) is 41.0 Å². The van der Waals surface area contributed by atoms with Gasteiger partial charge in [-0.25, -0.2) is 14.2 Å². The van der Waals surface area contributed by atoms with E-state index in [-0.39, 0.29) is 5.56 Å². The summed E-state index contributed by atoms with van der Waals surface area (Å²) < 4.78 is 16.6. The van der Waals surface area contributed by atoms with Crippen LogP contribution in [0.15, 0.2) is 53.0 Å². The van der Waals surface area contributed by atoms with Crippen molar-refractivity contribution >= 4 is 49.6 Å². The maximum atomic E-state index is 12.4. The summed E-state index contributed by atoms with van der Waals surface area (Å²) >= 11 is 0. The summed E-state index contributed by atoms with van der Waals surface area (Å²) in [7, 11) is -0.232. The molecule has 4 aromatic rings. The number of fused-ring (bicyclic) bond motifs is 1. The number of nitrogens with zero attached hydrogens (tertiary/aromatic N) is 6. The third-order valence-electron chi connectivity index (χ3n) is 7.17. The van der Waals surface area contributed by atoms with Crippen LogP contribution in [0, 0.1) is 11.3 Å². The standard InChI is InChI=1S/C29H30N8OS/c1-37-16-20-9-6-8-19-11-23(12-21(17-37)26(19)20)32-29-31-15-22(14-30)27(35-29)34-28-24-10-5-4-7-18(24)13-25(33-28)36-39(2,3)38/h4-5,7,10-13,15,20H,6,8-9,16-17H2,1-3H3,(H2,31,32,33,34,35). The first-order chi connectivity index (χ1) is 18.8. The zero-order valence-corrected chi connectivity index (χ0v) is 23.0. The van der Waals surface area contributed by atoms with Gasteiger partial charge in [-0.3, -0.25) is 0 Å². The number of hydrogen-bond acceptors (Lipinski definition) is 9. The molecule has 2 aromatic heterocycles. The van der Waals surface area contributed by atoms with Crippen LogP contribution in [0.4, 0.5) is 29.1 Å². The maximum Gasteiger partial charge on any atom is 0.229 e. The summed E-state index contributed by atoms with van der Waals surface area (Å²) in [6.07, 6.45) is 8.18. The monoisotopic (exact) mass is 538 g/mol. The molecule has 3 heterocycles. The molecule has 2 aliphatic rings. The second kappa shape index (κ2) is 9.91. The average Bonchev–Trinajstić information content (AvgIpc) is 2.88. The molecule has 2 N–H and O–H groups in total. The number of aryl methyl sites for hydroxylation is 1. The van der Waals surface area contributed by atoms with Crippen molar-refractivity contribution in [3.63, 3.8) is 0 Å². The normalized spacial score (nSPS) is 16.8. The van der Waals surface area contributed by atoms with Crippen molar-refractivity contribution in [3.05, 3.63) is 70.9 Å². The lowest BCUT2D eigenvalue weighted by molar-refractivity contribution is 0.266. The van der Waals surface area contributed by atoms with E-state index >= 15 is 0 Å². The Hall–Kier alpha value is -4.07. The van der Waals surface area contributed by atoms with E-state index in [1.165, 1.54) is 35.7 Å². The highest BCUT2D eigenvalue weighted by atomic mass is 32.2. The number of benzene rings is 2. The van der Waals surface area contributed by atoms with Crippen LogP contribution in [-0.4, -0.2) is 50.2 Å². The van der Waals surface area contributed by atoms with E-state index in [0.29, 0.717) is 29.3 Å². The molecular weight excluding hydrogens is 508 g/mol. The molecule has 10 heteroatoms. The van der Waals surface area contributed by atoms with E-state index in [4.69, 9.17) is 0 Å². The van der Waals surface area contributed by atoms with Gasteiger partial charge in [0.05, 0.1) is 6.20 Å². The highest BCUT2D eigenvalue weighted by Gasteiger charge is 2.29. The number of nitriles is 1. The van der Waals surface area contributed by atoms with Gasteiger partial charge in [-0.1, -0.05) is 24.3 Å². The molecule has 0 spiro atoms. The van der Waals surface area contributed by atoms with Crippen LogP contribution in [-0.2, 0) is 22.7 Å². The van der Waals surface area contributed by atoms with Gasteiger partial charge in [-0.15, -0.1) is 0 Å². The number of pyridine rings is 1. The number of nitrogens with one attached hydrogen (secondary N) is 2. The summed E-state index contributed by atoms with van der Waals surface area (Å²) in [5.74, 6) is 2.15. The molecule has 1 atom stereocenters. The molecule has 39 heavy (non-hydrogen) atoms. The predicted molar refractivity (Wildman–Crippen MR) is 156 cm³/mol. The second-order valence-corrected chi connectivity index (χ2v) is 13.2. The lowest BCUT2D eigenvalue weighted by atomic mass is 9.77. The zero-order chi connectivity index (χ0) is 27.1. The van der Waals surface area contributed by atoms with Crippen LogP contribution >= 0.6 is 0 Å². The Bertz CT molecular complexity index is 1760. The van der Waals surface area contributed by atoms with Crippen molar-refractivity contribution in [2.45, 2.75) is 31.7 Å². The fourth-order valence-corrected chi connectivity index (χ4v) is 6.27. The minimum Gasteiger partial charge on any atom is -0.324 e. The lowest BCUT2D eigenvalue weighted by Crippen LogP contribution is -2.33. The van der Waals surface area contributed by atoms with E-state index in [1.807, 2.05) is 24.3 Å². The average molecular weight is 539 g/mol. The summed E-state index contributed by atoms with van der Waals surface area (Å²) in [6, 6.07) is 16.1. The molecule has 0 bridgehead atoms. The second-order valence-electron chi connectivity index (χ2n) is 10.6. The lowest BCUT2D eigenvalue weighted by Gasteiger charge is -2.37. The molecule has 1 aliphatic heterocycles. The van der Waals surface area contributed by atoms with Gasteiger partial charge in [0.1, 0.15) is 17.5 Å². The number of anilines is 4. The molecule has 198 valence electrons. The van der Waals surface area contributed by atoms with Gasteiger partial charge in [-0.2, -0.15) is 14.6 Å². The molecule has 0 saturated carbocycles. The van der Waals surface area contributed by atoms with E-state index in [9.17, 15) is 9.47 Å². The quantitative estimate of drug-likeness (QED) is 0.337. The molecule has 0 amide bonds. The van der Waals surface area contributed by atoms with Crippen LogP contribution in [0.5, 0.6) is 0 Å². The van der Waals surface area contributed by atoms with Gasteiger partial charge >= 0.3 is 0 Å². The molecule has 0 radical (unpaired) electrons. The fraction of sp³-hybridized carbons (Fsp3) is 0.310. The van der Waals surface area contributed by atoms with Crippen molar-refractivity contribution in [1.29, 1.82) is 5.26 Å². The first kappa shape index (κ1) is 25.2. The van der Waals surface area contributed by atoms with E-state index in [1.54, 1.807) is 18.6 Å². The number of hydrogen-bond donors (Lipinski definition) is 2. The van der Waals surface area contributed by atoms with E-state index in [2.05, 4.69) is 60.1 Å².